The number of halogens is 3. The average molecular weight is 268 g/mol. The van der Waals surface area contributed by atoms with E-state index in [-0.39, 0.29) is 12.1 Å². The molecule has 0 saturated heterocycles. The van der Waals surface area contributed by atoms with Crippen molar-refractivity contribution in [1.82, 2.24) is 0 Å². The lowest BCUT2D eigenvalue weighted by atomic mass is 10.1. The first kappa shape index (κ1) is 12.8. The van der Waals surface area contributed by atoms with E-state index in [0.29, 0.717) is 5.02 Å². The van der Waals surface area contributed by atoms with Crippen LogP contribution in [-0.4, -0.2) is 0 Å². The van der Waals surface area contributed by atoms with Gasteiger partial charge in [-0.3, -0.25) is 0 Å². The Balaban J connectivity index is 2.19. The average Bonchev–Trinajstić information content (AvgIpc) is 2.33. The van der Waals surface area contributed by atoms with Crippen LogP contribution in [0.2, 0.25) is 5.02 Å². The van der Waals surface area contributed by atoms with Gasteiger partial charge in [0.1, 0.15) is 0 Å². The molecule has 0 atom stereocenters. The van der Waals surface area contributed by atoms with Gasteiger partial charge in [0.2, 0.25) is 0 Å². The van der Waals surface area contributed by atoms with Crippen molar-refractivity contribution >= 4 is 17.3 Å². The summed E-state index contributed by atoms with van der Waals surface area (Å²) in [5.41, 5.74) is 1.97. The minimum Gasteiger partial charge on any atom is -0.379 e. The van der Waals surface area contributed by atoms with Crippen molar-refractivity contribution in [3.8, 4) is 0 Å². The molecule has 2 rings (SSSR count). The van der Waals surface area contributed by atoms with E-state index < -0.39 is 11.6 Å². The van der Waals surface area contributed by atoms with Gasteiger partial charge in [-0.2, -0.15) is 0 Å². The molecule has 2 aromatic rings. The molecule has 0 aliphatic heterocycles. The van der Waals surface area contributed by atoms with Crippen LogP contribution in [0.15, 0.2) is 36.4 Å². The number of anilines is 1. The van der Waals surface area contributed by atoms with E-state index in [2.05, 4.69) is 5.32 Å². The Bertz CT molecular complexity index is 549. The van der Waals surface area contributed by atoms with Crippen molar-refractivity contribution in [3.63, 3.8) is 0 Å². The summed E-state index contributed by atoms with van der Waals surface area (Å²) in [6.45, 7) is 2.09. The van der Waals surface area contributed by atoms with Crippen LogP contribution in [0.5, 0.6) is 0 Å². The normalized spacial score (nSPS) is 10.4. The number of aryl methyl sites for hydroxylation is 1. The van der Waals surface area contributed by atoms with Gasteiger partial charge in [-0.15, -0.1) is 0 Å². The van der Waals surface area contributed by atoms with Crippen LogP contribution >= 0.6 is 11.6 Å². The van der Waals surface area contributed by atoms with Crippen LogP contribution in [0.1, 0.15) is 11.1 Å². The summed E-state index contributed by atoms with van der Waals surface area (Å²) in [5.74, 6) is -1.67. The quantitative estimate of drug-likeness (QED) is 0.861. The Hall–Kier alpha value is -1.61. The number of nitrogens with one attached hydrogen (secondary N) is 1. The van der Waals surface area contributed by atoms with E-state index in [1.807, 2.05) is 19.1 Å². The van der Waals surface area contributed by atoms with Crippen LogP contribution in [0.4, 0.5) is 14.5 Å². The van der Waals surface area contributed by atoms with E-state index in [1.54, 1.807) is 6.07 Å². The fourth-order valence-electron chi connectivity index (χ4n) is 1.72. The molecule has 0 bridgehead atoms. The number of hydrogen-bond acceptors (Lipinski definition) is 1. The molecule has 0 spiro atoms. The molecule has 94 valence electrons. The van der Waals surface area contributed by atoms with Crippen molar-refractivity contribution in [2.75, 3.05) is 5.32 Å². The first-order valence-corrected chi connectivity index (χ1v) is 5.89. The zero-order valence-electron chi connectivity index (χ0n) is 9.81. The predicted octanol–water partition coefficient (Wildman–Crippen LogP) is 4.54. The van der Waals surface area contributed by atoms with Crippen molar-refractivity contribution in [2.45, 2.75) is 13.5 Å². The molecule has 0 aliphatic carbocycles. The standard InChI is InChI=1S/C14H12ClF2N/c1-9-4-2-6-11(15)14(9)18-8-10-5-3-7-12(16)13(10)17/h2-7,18H,8H2,1H3. The van der Waals surface area contributed by atoms with Gasteiger partial charge in [-0.25, -0.2) is 8.78 Å². The van der Waals surface area contributed by atoms with Gasteiger partial charge in [-0.1, -0.05) is 35.9 Å². The molecule has 0 unspecified atom stereocenters. The lowest BCUT2D eigenvalue weighted by Gasteiger charge is -2.12. The summed E-state index contributed by atoms with van der Waals surface area (Å²) in [6, 6.07) is 9.60. The first-order chi connectivity index (χ1) is 8.59. The monoisotopic (exact) mass is 267 g/mol. The summed E-state index contributed by atoms with van der Waals surface area (Å²) in [6.07, 6.45) is 0. The molecule has 1 nitrogen and oxygen atoms in total. The highest BCUT2D eigenvalue weighted by atomic mass is 35.5. The minimum absolute atomic E-state index is 0.189. The largest absolute Gasteiger partial charge is 0.379 e. The second-order valence-electron chi connectivity index (χ2n) is 4.00. The molecule has 18 heavy (non-hydrogen) atoms. The van der Waals surface area contributed by atoms with Crippen LogP contribution in [0.3, 0.4) is 0 Å². The highest BCUT2D eigenvalue weighted by Gasteiger charge is 2.08. The van der Waals surface area contributed by atoms with Crippen LogP contribution in [0.25, 0.3) is 0 Å². The third-order valence-electron chi connectivity index (χ3n) is 2.71. The van der Waals surface area contributed by atoms with Crippen molar-refractivity contribution in [1.29, 1.82) is 0 Å². The Morgan fingerprint density at radius 3 is 2.56 bits per heavy atom. The molecule has 0 aromatic heterocycles. The van der Waals surface area contributed by atoms with Crippen molar-refractivity contribution < 1.29 is 8.78 Å². The Morgan fingerprint density at radius 2 is 1.83 bits per heavy atom. The van der Waals surface area contributed by atoms with Gasteiger partial charge in [0.25, 0.3) is 0 Å². The number of hydrogen-bond donors (Lipinski definition) is 1. The van der Waals surface area contributed by atoms with Gasteiger partial charge in [-0.05, 0) is 24.6 Å². The van der Waals surface area contributed by atoms with Crippen LogP contribution in [-0.2, 0) is 6.54 Å². The molecule has 0 saturated carbocycles. The van der Waals surface area contributed by atoms with E-state index in [1.165, 1.54) is 12.1 Å². The number of benzene rings is 2. The lowest BCUT2D eigenvalue weighted by Crippen LogP contribution is -2.04. The molecule has 0 aliphatic rings. The van der Waals surface area contributed by atoms with Gasteiger partial charge in [0.05, 0.1) is 10.7 Å². The summed E-state index contributed by atoms with van der Waals surface area (Å²) in [7, 11) is 0. The minimum atomic E-state index is -0.842. The molecule has 1 N–H and O–H groups in total. The summed E-state index contributed by atoms with van der Waals surface area (Å²) in [4.78, 5) is 0. The van der Waals surface area contributed by atoms with E-state index >= 15 is 0 Å². The van der Waals surface area contributed by atoms with Gasteiger partial charge in [0.15, 0.2) is 11.6 Å². The maximum absolute atomic E-state index is 13.5. The first-order valence-electron chi connectivity index (χ1n) is 5.51. The Kier molecular flexibility index (Phi) is 3.82. The van der Waals surface area contributed by atoms with E-state index in [9.17, 15) is 8.78 Å². The maximum Gasteiger partial charge on any atom is 0.163 e. The molecule has 0 radical (unpaired) electrons. The van der Waals surface area contributed by atoms with Gasteiger partial charge in [0, 0.05) is 12.1 Å². The maximum atomic E-state index is 13.5. The Morgan fingerprint density at radius 1 is 1.11 bits per heavy atom. The second-order valence-corrected chi connectivity index (χ2v) is 4.41. The molecule has 0 fully saturated rings. The number of para-hydroxylation sites is 1. The van der Waals surface area contributed by atoms with Gasteiger partial charge < -0.3 is 5.32 Å². The Labute approximate surface area is 109 Å². The molecule has 0 amide bonds. The van der Waals surface area contributed by atoms with Gasteiger partial charge >= 0.3 is 0 Å². The molecule has 2 aromatic carbocycles. The molecular formula is C14H12ClF2N. The van der Waals surface area contributed by atoms with E-state index in [4.69, 9.17) is 11.6 Å². The van der Waals surface area contributed by atoms with E-state index in [0.717, 1.165) is 17.3 Å². The summed E-state index contributed by atoms with van der Waals surface area (Å²) < 4.78 is 26.5. The van der Waals surface area contributed by atoms with Crippen LogP contribution in [0, 0.1) is 18.6 Å². The van der Waals surface area contributed by atoms with Crippen LogP contribution < -0.4 is 5.32 Å². The highest BCUT2D eigenvalue weighted by Crippen LogP contribution is 2.26. The molecule has 4 heteroatoms. The zero-order chi connectivity index (χ0) is 13.1. The summed E-state index contributed by atoms with van der Waals surface area (Å²) in [5, 5.41) is 3.59. The fraction of sp³-hybridized carbons (Fsp3) is 0.143. The number of rotatable bonds is 3. The third kappa shape index (κ3) is 2.62. The summed E-state index contributed by atoms with van der Waals surface area (Å²) >= 11 is 6.04. The lowest BCUT2D eigenvalue weighted by molar-refractivity contribution is 0.500. The van der Waals surface area contributed by atoms with Crippen molar-refractivity contribution in [2.24, 2.45) is 0 Å². The smallest absolute Gasteiger partial charge is 0.163 e. The predicted molar refractivity (Wildman–Crippen MR) is 69.9 cm³/mol. The molecule has 0 heterocycles. The zero-order valence-corrected chi connectivity index (χ0v) is 10.6. The second kappa shape index (κ2) is 5.36. The SMILES string of the molecule is Cc1cccc(Cl)c1NCc1cccc(F)c1F. The highest BCUT2D eigenvalue weighted by molar-refractivity contribution is 6.33. The fourth-order valence-corrected chi connectivity index (χ4v) is 2.01. The van der Waals surface area contributed by atoms with Crippen molar-refractivity contribution in [3.05, 3.63) is 64.2 Å². The topological polar surface area (TPSA) is 12.0 Å². The third-order valence-corrected chi connectivity index (χ3v) is 3.02. The molecular weight excluding hydrogens is 256 g/mol.